The van der Waals surface area contributed by atoms with Gasteiger partial charge in [0.25, 0.3) is 5.91 Å². The van der Waals surface area contributed by atoms with Crippen molar-refractivity contribution in [2.45, 2.75) is 51.0 Å². The molecule has 1 saturated heterocycles. The van der Waals surface area contributed by atoms with Gasteiger partial charge in [0.2, 0.25) is 0 Å². The number of likely N-dealkylation sites (tertiary alicyclic amines) is 1. The Morgan fingerprint density at radius 1 is 1.35 bits per heavy atom. The Hall–Kier alpha value is -1.16. The Labute approximate surface area is 141 Å². The van der Waals surface area contributed by atoms with Crippen LogP contribution < -0.4 is 0 Å². The van der Waals surface area contributed by atoms with Crippen LogP contribution in [0.1, 0.15) is 55.3 Å². The Morgan fingerprint density at radius 3 is 2.96 bits per heavy atom. The van der Waals surface area contributed by atoms with Crippen LogP contribution in [0.5, 0.6) is 0 Å². The maximum atomic E-state index is 14.1. The Kier molecular flexibility index (Phi) is 4.04. The molecule has 0 aromatic carbocycles. The summed E-state index contributed by atoms with van der Waals surface area (Å²) in [7, 11) is 0. The van der Waals surface area contributed by atoms with Gasteiger partial charge >= 0.3 is 0 Å². The van der Waals surface area contributed by atoms with Crippen molar-refractivity contribution in [3.8, 4) is 0 Å². The molecule has 23 heavy (non-hydrogen) atoms. The van der Waals surface area contributed by atoms with E-state index in [2.05, 4.69) is 4.98 Å². The van der Waals surface area contributed by atoms with E-state index in [9.17, 15) is 9.18 Å². The number of rotatable bonds is 3. The highest BCUT2D eigenvalue weighted by Gasteiger charge is 2.42. The van der Waals surface area contributed by atoms with Gasteiger partial charge < -0.3 is 4.90 Å². The molecule has 2 heterocycles. The molecule has 4 rings (SSSR count). The van der Waals surface area contributed by atoms with E-state index in [-0.39, 0.29) is 22.7 Å². The first-order valence-corrected chi connectivity index (χ1v) is 9.12. The molecule has 1 amide bonds. The van der Waals surface area contributed by atoms with Gasteiger partial charge in [-0.15, -0.1) is 0 Å². The number of aromatic nitrogens is 1. The quantitative estimate of drug-likeness (QED) is 0.771. The molecule has 124 valence electrons. The number of hydrogen-bond acceptors (Lipinski definition) is 2. The van der Waals surface area contributed by atoms with Crippen molar-refractivity contribution in [1.29, 1.82) is 0 Å². The first-order valence-electron chi connectivity index (χ1n) is 8.74. The van der Waals surface area contributed by atoms with Crippen molar-refractivity contribution in [1.82, 2.24) is 9.88 Å². The maximum absolute atomic E-state index is 14.1. The minimum absolute atomic E-state index is 0.0600. The number of halogens is 2. The summed E-state index contributed by atoms with van der Waals surface area (Å²) in [6.07, 6.45) is 10.0. The van der Waals surface area contributed by atoms with Crippen LogP contribution in [-0.2, 0) is 0 Å². The summed E-state index contributed by atoms with van der Waals surface area (Å²) in [5.74, 6) is 1.64. The summed E-state index contributed by atoms with van der Waals surface area (Å²) in [5.41, 5.74) is 0.0600. The normalized spacial score (nSPS) is 32.7. The second-order valence-corrected chi connectivity index (χ2v) is 7.79. The number of nitrogens with zero attached hydrogens (tertiary/aromatic N) is 2. The van der Waals surface area contributed by atoms with Crippen molar-refractivity contribution in [3.63, 3.8) is 0 Å². The van der Waals surface area contributed by atoms with Crippen LogP contribution >= 0.6 is 11.6 Å². The summed E-state index contributed by atoms with van der Waals surface area (Å²) >= 11 is 5.72. The van der Waals surface area contributed by atoms with Crippen LogP contribution in [0.15, 0.2) is 12.3 Å². The van der Waals surface area contributed by atoms with E-state index in [4.69, 9.17) is 11.6 Å². The average molecular weight is 337 g/mol. The lowest BCUT2D eigenvalue weighted by Crippen LogP contribution is -2.37. The van der Waals surface area contributed by atoms with E-state index in [1.54, 1.807) is 0 Å². The highest BCUT2D eigenvalue weighted by molar-refractivity contribution is 6.29. The van der Waals surface area contributed by atoms with Crippen LogP contribution in [0.25, 0.3) is 0 Å². The van der Waals surface area contributed by atoms with Crippen molar-refractivity contribution in [2.75, 3.05) is 6.54 Å². The molecule has 1 aromatic rings. The number of pyridine rings is 1. The summed E-state index contributed by atoms with van der Waals surface area (Å²) in [6, 6.07) is 1.70. The van der Waals surface area contributed by atoms with Gasteiger partial charge in [0.1, 0.15) is 0 Å². The number of hydrogen-bond donors (Lipinski definition) is 0. The van der Waals surface area contributed by atoms with E-state index in [1.807, 2.05) is 4.90 Å². The fourth-order valence-corrected chi connectivity index (χ4v) is 5.26. The molecule has 2 bridgehead atoms. The lowest BCUT2D eigenvalue weighted by Gasteiger charge is -2.30. The van der Waals surface area contributed by atoms with Gasteiger partial charge in [0.05, 0.1) is 5.56 Å². The van der Waals surface area contributed by atoms with Gasteiger partial charge in [-0.3, -0.25) is 4.79 Å². The molecule has 0 radical (unpaired) electrons. The lowest BCUT2D eigenvalue weighted by atomic mass is 9.83. The van der Waals surface area contributed by atoms with E-state index >= 15 is 0 Å². The largest absolute Gasteiger partial charge is 0.336 e. The molecule has 2 aliphatic carbocycles. The predicted octanol–water partition coefficient (Wildman–Crippen LogP) is 4.31. The minimum atomic E-state index is -0.690. The molecule has 3 fully saturated rings. The summed E-state index contributed by atoms with van der Waals surface area (Å²) in [4.78, 5) is 18.3. The fourth-order valence-electron chi connectivity index (χ4n) is 5.10. The SMILES string of the molecule is O=C(c1ccnc(Cl)c1F)N1CCC[C@@H]1C[C@@H]1C[C@H]2CC[C@H]1C2. The monoisotopic (exact) mass is 336 g/mol. The van der Waals surface area contributed by atoms with Gasteiger partial charge in [-0.25, -0.2) is 9.37 Å². The molecule has 1 aliphatic heterocycles. The van der Waals surface area contributed by atoms with E-state index in [1.165, 1.54) is 37.9 Å². The molecular weight excluding hydrogens is 315 g/mol. The number of carbonyl (C=O) groups is 1. The van der Waals surface area contributed by atoms with Crippen LogP contribution in [0.3, 0.4) is 0 Å². The number of fused-ring (bicyclic) bond motifs is 2. The summed E-state index contributed by atoms with van der Waals surface area (Å²) in [6.45, 7) is 0.726. The zero-order valence-electron chi connectivity index (χ0n) is 13.2. The molecule has 3 aliphatic rings. The van der Waals surface area contributed by atoms with Gasteiger partial charge in [-0.05, 0) is 62.3 Å². The third-order valence-electron chi connectivity index (χ3n) is 6.17. The van der Waals surface area contributed by atoms with Crippen molar-refractivity contribution in [3.05, 3.63) is 28.8 Å². The zero-order valence-corrected chi connectivity index (χ0v) is 13.9. The van der Waals surface area contributed by atoms with E-state index in [0.29, 0.717) is 0 Å². The molecule has 1 aromatic heterocycles. The second-order valence-electron chi connectivity index (χ2n) is 7.43. The summed E-state index contributed by atoms with van der Waals surface area (Å²) < 4.78 is 14.1. The van der Waals surface area contributed by atoms with Crippen LogP contribution in [0.2, 0.25) is 5.15 Å². The Balaban J connectivity index is 1.49. The molecule has 4 atom stereocenters. The summed E-state index contributed by atoms with van der Waals surface area (Å²) in [5, 5.41) is -0.223. The Morgan fingerprint density at radius 2 is 2.22 bits per heavy atom. The van der Waals surface area contributed by atoms with Crippen molar-refractivity contribution < 1.29 is 9.18 Å². The van der Waals surface area contributed by atoms with Crippen molar-refractivity contribution >= 4 is 17.5 Å². The van der Waals surface area contributed by atoms with Crippen molar-refractivity contribution in [2.24, 2.45) is 17.8 Å². The first-order chi connectivity index (χ1) is 11.1. The number of amides is 1. The second kappa shape index (κ2) is 6.04. The minimum Gasteiger partial charge on any atom is -0.336 e. The fraction of sp³-hybridized carbons (Fsp3) is 0.667. The molecule has 0 spiro atoms. The molecule has 0 N–H and O–H groups in total. The van der Waals surface area contributed by atoms with Crippen LogP contribution in [0, 0.1) is 23.6 Å². The van der Waals surface area contributed by atoms with Gasteiger partial charge in [-0.1, -0.05) is 18.0 Å². The standard InChI is InChI=1S/C18H22ClFN2O/c19-17-16(20)15(5-6-21-17)18(23)22-7-1-2-14(22)10-13-9-11-3-4-12(13)8-11/h5-6,11-14H,1-4,7-10H2/t11-,12-,13-,14+/m0/s1. The number of carbonyl (C=O) groups excluding carboxylic acids is 1. The van der Waals surface area contributed by atoms with Crippen LogP contribution in [0.4, 0.5) is 4.39 Å². The lowest BCUT2D eigenvalue weighted by molar-refractivity contribution is 0.0703. The van der Waals surface area contributed by atoms with Crippen LogP contribution in [-0.4, -0.2) is 28.4 Å². The van der Waals surface area contributed by atoms with Gasteiger partial charge in [-0.2, -0.15) is 0 Å². The third-order valence-corrected chi connectivity index (χ3v) is 6.44. The molecular formula is C18H22ClFN2O. The average Bonchev–Trinajstić information content (AvgIpc) is 3.26. The maximum Gasteiger partial charge on any atom is 0.257 e. The van der Waals surface area contributed by atoms with Gasteiger partial charge in [0.15, 0.2) is 11.0 Å². The zero-order chi connectivity index (χ0) is 16.0. The highest BCUT2D eigenvalue weighted by atomic mass is 35.5. The van der Waals surface area contributed by atoms with Gasteiger partial charge in [0, 0.05) is 18.8 Å². The third kappa shape index (κ3) is 2.75. The molecule has 0 unspecified atom stereocenters. The smallest absolute Gasteiger partial charge is 0.257 e. The highest BCUT2D eigenvalue weighted by Crippen LogP contribution is 2.50. The molecule has 2 saturated carbocycles. The topological polar surface area (TPSA) is 33.2 Å². The molecule has 3 nitrogen and oxygen atoms in total. The van der Waals surface area contributed by atoms with E-state index < -0.39 is 5.82 Å². The van der Waals surface area contributed by atoms with E-state index in [0.717, 1.165) is 43.6 Å². The predicted molar refractivity (Wildman–Crippen MR) is 86.8 cm³/mol. The molecule has 5 heteroatoms. The first kappa shape index (κ1) is 15.4. The Bertz CT molecular complexity index is 623.